The molecule has 33 heavy (non-hydrogen) atoms. The summed E-state index contributed by atoms with van der Waals surface area (Å²) >= 11 is 5.22. The number of carbonyl (C=O) groups excluding carboxylic acids is 3. The third-order valence-electron chi connectivity index (χ3n) is 4.34. The minimum atomic E-state index is -0.672. The molecule has 0 saturated carbocycles. The monoisotopic (exact) mass is 467 g/mol. The zero-order chi connectivity index (χ0) is 24.2. The lowest BCUT2D eigenvalue weighted by Gasteiger charge is -2.29. The molecule has 0 aliphatic carbocycles. The first kappa shape index (κ1) is 23.9. The third kappa shape index (κ3) is 6.39. The van der Waals surface area contributed by atoms with Crippen molar-refractivity contribution in [2.24, 2.45) is 0 Å². The van der Waals surface area contributed by atoms with Gasteiger partial charge >= 0.3 is 6.09 Å². The number of ether oxygens (including phenoxy) is 2. The van der Waals surface area contributed by atoms with Crippen molar-refractivity contribution in [3.63, 3.8) is 0 Å². The molecule has 9 heteroatoms. The van der Waals surface area contributed by atoms with Gasteiger partial charge in [0, 0.05) is 6.04 Å². The second kappa shape index (κ2) is 9.83. The summed E-state index contributed by atoms with van der Waals surface area (Å²) in [7, 11) is 0. The molecule has 2 N–H and O–H groups in total. The van der Waals surface area contributed by atoms with Crippen LogP contribution in [0.4, 0.5) is 10.5 Å². The molecule has 1 saturated heterocycles. The normalized spacial score (nSPS) is 16.3. The van der Waals surface area contributed by atoms with Gasteiger partial charge in [-0.15, -0.1) is 0 Å². The number of thiocarbonyl (C=S) groups is 1. The Kier molecular flexibility index (Phi) is 7.13. The number of alkyl carbamates (subject to hydrolysis) is 1. The molecule has 3 amide bonds. The van der Waals surface area contributed by atoms with Crippen LogP contribution in [0.3, 0.4) is 0 Å². The van der Waals surface area contributed by atoms with E-state index in [1.807, 2.05) is 30.3 Å². The number of benzene rings is 2. The number of hydrogen-bond donors (Lipinski definition) is 2. The fourth-order valence-corrected chi connectivity index (χ4v) is 3.27. The Hall–Kier alpha value is -3.72. The van der Waals surface area contributed by atoms with E-state index in [0.717, 1.165) is 0 Å². The fraction of sp³-hybridized carbons (Fsp3) is 0.250. The van der Waals surface area contributed by atoms with Gasteiger partial charge in [0.05, 0.1) is 5.69 Å². The summed E-state index contributed by atoms with van der Waals surface area (Å²) in [5, 5.41) is 5.06. The number of nitrogens with one attached hydrogen (secondary N) is 2. The molecule has 1 unspecified atom stereocenters. The second-order valence-electron chi connectivity index (χ2n) is 8.32. The maximum atomic E-state index is 13.1. The van der Waals surface area contributed by atoms with E-state index in [1.54, 1.807) is 52.0 Å². The molecule has 0 radical (unpaired) electrons. The second-order valence-corrected chi connectivity index (χ2v) is 8.71. The molecule has 8 nitrogen and oxygen atoms in total. The van der Waals surface area contributed by atoms with Crippen molar-refractivity contribution in [3.05, 3.63) is 66.2 Å². The van der Waals surface area contributed by atoms with E-state index < -0.39 is 29.6 Å². The third-order valence-corrected chi connectivity index (χ3v) is 4.62. The number of amides is 3. The highest BCUT2D eigenvalue weighted by Crippen LogP contribution is 2.26. The largest absolute Gasteiger partial charge is 0.457 e. The molecule has 1 fully saturated rings. The van der Waals surface area contributed by atoms with Gasteiger partial charge in [0.15, 0.2) is 5.11 Å². The molecule has 0 aromatic heterocycles. The van der Waals surface area contributed by atoms with Crippen LogP contribution >= 0.6 is 12.2 Å². The van der Waals surface area contributed by atoms with Crippen molar-refractivity contribution in [2.45, 2.75) is 39.3 Å². The number of anilines is 1. The Bertz CT molecular complexity index is 1090. The molecule has 1 atom stereocenters. The van der Waals surface area contributed by atoms with Crippen LogP contribution in [0.2, 0.25) is 0 Å². The Balaban J connectivity index is 1.76. The van der Waals surface area contributed by atoms with Crippen LogP contribution in [0.25, 0.3) is 0 Å². The smallest absolute Gasteiger partial charge is 0.408 e. The van der Waals surface area contributed by atoms with Crippen molar-refractivity contribution in [1.82, 2.24) is 10.6 Å². The summed E-state index contributed by atoms with van der Waals surface area (Å²) < 4.78 is 11.0. The summed E-state index contributed by atoms with van der Waals surface area (Å²) in [6, 6.07) is 15.4. The van der Waals surface area contributed by atoms with Gasteiger partial charge in [-0.25, -0.2) is 4.79 Å². The minimum absolute atomic E-state index is 0.0355. The lowest BCUT2D eigenvalue weighted by molar-refractivity contribution is -0.122. The molecule has 0 spiro atoms. The van der Waals surface area contributed by atoms with Crippen LogP contribution in [0, 0.1) is 0 Å². The highest BCUT2D eigenvalue weighted by Gasteiger charge is 2.35. The van der Waals surface area contributed by atoms with Crippen LogP contribution < -0.4 is 20.3 Å². The van der Waals surface area contributed by atoms with Crippen molar-refractivity contribution < 1.29 is 23.9 Å². The average Bonchev–Trinajstić information content (AvgIpc) is 2.71. The van der Waals surface area contributed by atoms with Crippen molar-refractivity contribution in [3.8, 4) is 11.5 Å². The SMILES string of the molecule is CC(/C=C1\C(=O)NC(=S)N(c2ccc(Oc3ccccc3)cc2)C1=O)NC(=O)OC(C)(C)C. The summed E-state index contributed by atoms with van der Waals surface area (Å²) in [6.07, 6.45) is 0.709. The standard InChI is InChI=1S/C24H25N3O5S/c1-15(25-23(30)32-24(2,3)4)14-19-20(28)26-22(33)27(21(19)29)16-10-12-18(13-11-16)31-17-8-6-5-7-9-17/h5-15H,1-4H3,(H,25,30)(H,26,28,33)/b19-14+. The lowest BCUT2D eigenvalue weighted by atomic mass is 10.1. The first-order valence-corrected chi connectivity index (χ1v) is 10.7. The van der Waals surface area contributed by atoms with Gasteiger partial charge in [0.25, 0.3) is 11.8 Å². The first-order valence-electron chi connectivity index (χ1n) is 10.3. The molecule has 1 heterocycles. The summed E-state index contributed by atoms with van der Waals surface area (Å²) in [4.78, 5) is 38.7. The zero-order valence-corrected chi connectivity index (χ0v) is 19.6. The highest BCUT2D eigenvalue weighted by atomic mass is 32.1. The molecule has 0 bridgehead atoms. The van der Waals surface area contributed by atoms with Crippen molar-refractivity contribution >= 4 is 40.9 Å². The van der Waals surface area contributed by atoms with Crippen LogP contribution in [0.15, 0.2) is 66.2 Å². The van der Waals surface area contributed by atoms with Gasteiger partial charge < -0.3 is 14.8 Å². The van der Waals surface area contributed by atoms with Crippen LogP contribution in [-0.4, -0.2) is 34.7 Å². The molecule has 3 rings (SSSR count). The van der Waals surface area contributed by atoms with E-state index in [2.05, 4.69) is 10.6 Å². The van der Waals surface area contributed by atoms with Crippen molar-refractivity contribution in [2.75, 3.05) is 4.90 Å². The molecule has 1 aliphatic rings. The highest BCUT2D eigenvalue weighted by molar-refractivity contribution is 7.80. The minimum Gasteiger partial charge on any atom is -0.457 e. The predicted octanol–water partition coefficient (Wildman–Crippen LogP) is 4.07. The van der Waals surface area contributed by atoms with Gasteiger partial charge in [-0.2, -0.15) is 0 Å². The Morgan fingerprint density at radius 2 is 1.67 bits per heavy atom. The molecule has 2 aromatic rings. The summed E-state index contributed by atoms with van der Waals surface area (Å²) in [5.74, 6) is 0.0236. The van der Waals surface area contributed by atoms with Gasteiger partial charge in [-0.1, -0.05) is 18.2 Å². The van der Waals surface area contributed by atoms with E-state index in [0.29, 0.717) is 17.2 Å². The van der Waals surface area contributed by atoms with E-state index in [4.69, 9.17) is 21.7 Å². The van der Waals surface area contributed by atoms with Gasteiger partial charge in [-0.05, 0) is 82.4 Å². The maximum absolute atomic E-state index is 13.1. The van der Waals surface area contributed by atoms with Crippen LogP contribution in [0.1, 0.15) is 27.7 Å². The Morgan fingerprint density at radius 1 is 1.06 bits per heavy atom. The van der Waals surface area contributed by atoms with Gasteiger partial charge in [0.2, 0.25) is 0 Å². The zero-order valence-electron chi connectivity index (χ0n) is 18.7. The predicted molar refractivity (Wildman–Crippen MR) is 128 cm³/mol. The van der Waals surface area contributed by atoms with Gasteiger partial charge in [-0.3, -0.25) is 19.8 Å². The maximum Gasteiger partial charge on any atom is 0.408 e. The first-order chi connectivity index (χ1) is 15.5. The Morgan fingerprint density at radius 3 is 2.27 bits per heavy atom. The average molecular weight is 468 g/mol. The van der Waals surface area contributed by atoms with Crippen LogP contribution in [0.5, 0.6) is 11.5 Å². The molecule has 172 valence electrons. The van der Waals surface area contributed by atoms with Crippen LogP contribution in [-0.2, 0) is 14.3 Å². The molecule has 1 aliphatic heterocycles. The topological polar surface area (TPSA) is 97.0 Å². The van der Waals surface area contributed by atoms with E-state index in [9.17, 15) is 14.4 Å². The lowest BCUT2D eigenvalue weighted by Crippen LogP contribution is -2.54. The summed E-state index contributed by atoms with van der Waals surface area (Å²) in [6.45, 7) is 6.85. The Labute approximate surface area is 197 Å². The number of rotatable bonds is 5. The fourth-order valence-electron chi connectivity index (χ4n) is 2.98. The number of hydrogen-bond acceptors (Lipinski definition) is 6. The number of carbonyl (C=O) groups is 3. The summed E-state index contributed by atoms with van der Waals surface area (Å²) in [5.41, 5.74) is -0.352. The van der Waals surface area contributed by atoms with Crippen molar-refractivity contribution in [1.29, 1.82) is 0 Å². The number of nitrogens with zero attached hydrogens (tertiary/aromatic N) is 1. The van der Waals surface area contributed by atoms with Gasteiger partial charge in [0.1, 0.15) is 22.7 Å². The van der Waals surface area contributed by atoms with E-state index >= 15 is 0 Å². The van der Waals surface area contributed by atoms with E-state index in [1.165, 1.54) is 11.0 Å². The van der Waals surface area contributed by atoms with E-state index in [-0.39, 0.29) is 10.7 Å². The molecule has 2 aromatic carbocycles. The molecular weight excluding hydrogens is 442 g/mol. The quantitative estimate of drug-likeness (QED) is 0.391. The molecular formula is C24H25N3O5S. The number of para-hydroxylation sites is 1.